The van der Waals surface area contributed by atoms with E-state index in [4.69, 9.17) is 0 Å². The van der Waals surface area contributed by atoms with Gasteiger partial charge in [0.15, 0.2) is 0 Å². The zero-order valence-electron chi connectivity index (χ0n) is 5.37. The number of halogens is 1. The Bertz CT molecular complexity index is 150. The second kappa shape index (κ2) is 4.73. The van der Waals surface area contributed by atoms with Crippen LogP contribution in [0.1, 0.15) is 12.6 Å². The van der Waals surface area contributed by atoms with E-state index in [1.165, 1.54) is 0 Å². The summed E-state index contributed by atoms with van der Waals surface area (Å²) in [6, 6.07) is 5.96. The molecule has 0 aliphatic heterocycles. The minimum absolute atomic E-state index is 0. The summed E-state index contributed by atoms with van der Waals surface area (Å²) in [5.41, 5.74) is 1.16. The lowest BCUT2D eigenvalue weighted by Crippen LogP contribution is -1.81. The fourth-order valence-corrected chi connectivity index (χ4v) is 0.607. The lowest BCUT2D eigenvalue weighted by atomic mass is 10.3. The van der Waals surface area contributed by atoms with Gasteiger partial charge in [0.05, 0.1) is 0 Å². The fraction of sp³-hybridized carbons (Fsp3) is 0.286. The predicted molar refractivity (Wildman–Crippen MR) is 49.0 cm³/mol. The maximum absolute atomic E-state index is 4.10. The topological polar surface area (TPSA) is 12.9 Å². The molecule has 2 heteroatoms. The highest BCUT2D eigenvalue weighted by molar-refractivity contribution is 14.0. The molecule has 0 radical (unpaired) electrons. The summed E-state index contributed by atoms with van der Waals surface area (Å²) in [7, 11) is 0. The Balaban J connectivity index is 0.000000640. The van der Waals surface area contributed by atoms with Crippen LogP contribution in [0.3, 0.4) is 0 Å². The molecular weight excluding hydrogens is 225 g/mol. The SMILES string of the molecule is CCc1ccccn1.I. The summed E-state index contributed by atoms with van der Waals surface area (Å²) in [5, 5.41) is 0. The van der Waals surface area contributed by atoms with Crippen LogP contribution in [0.2, 0.25) is 0 Å². The fourth-order valence-electron chi connectivity index (χ4n) is 0.607. The van der Waals surface area contributed by atoms with Crippen LogP contribution in [0.4, 0.5) is 0 Å². The van der Waals surface area contributed by atoms with Crippen LogP contribution in [0.15, 0.2) is 24.4 Å². The molecule has 0 fully saturated rings. The van der Waals surface area contributed by atoms with Crippen LogP contribution in [0.5, 0.6) is 0 Å². The molecule has 0 unspecified atom stereocenters. The maximum atomic E-state index is 4.10. The number of hydrogen-bond donors (Lipinski definition) is 0. The van der Waals surface area contributed by atoms with Gasteiger partial charge in [-0.1, -0.05) is 13.0 Å². The minimum atomic E-state index is 0. The first kappa shape index (κ1) is 8.88. The van der Waals surface area contributed by atoms with E-state index < -0.39 is 0 Å². The lowest BCUT2D eigenvalue weighted by molar-refractivity contribution is 1.04. The molecule has 1 heterocycles. The van der Waals surface area contributed by atoms with Crippen molar-refractivity contribution in [3.63, 3.8) is 0 Å². The van der Waals surface area contributed by atoms with Crippen molar-refractivity contribution in [3.8, 4) is 0 Å². The van der Waals surface area contributed by atoms with Gasteiger partial charge < -0.3 is 0 Å². The molecule has 9 heavy (non-hydrogen) atoms. The summed E-state index contributed by atoms with van der Waals surface area (Å²) in [4.78, 5) is 4.10. The van der Waals surface area contributed by atoms with Crippen LogP contribution in [0.25, 0.3) is 0 Å². The van der Waals surface area contributed by atoms with E-state index >= 15 is 0 Å². The smallest absolute Gasteiger partial charge is 0.0400 e. The molecule has 1 aromatic rings. The first-order valence-electron chi connectivity index (χ1n) is 2.83. The highest BCUT2D eigenvalue weighted by Gasteiger charge is 1.81. The lowest BCUT2D eigenvalue weighted by Gasteiger charge is -1.88. The van der Waals surface area contributed by atoms with E-state index in [9.17, 15) is 0 Å². The normalized spacial score (nSPS) is 8.11. The Morgan fingerprint density at radius 1 is 1.44 bits per heavy atom. The molecular formula is C7H10IN. The minimum Gasteiger partial charge on any atom is -0.261 e. The molecule has 0 amide bonds. The molecule has 1 aromatic heterocycles. The third kappa shape index (κ3) is 2.79. The molecule has 50 valence electrons. The largest absolute Gasteiger partial charge is 0.261 e. The summed E-state index contributed by atoms with van der Waals surface area (Å²) in [6.07, 6.45) is 2.85. The van der Waals surface area contributed by atoms with Crippen LogP contribution in [-0.2, 0) is 6.42 Å². The first-order chi connectivity index (χ1) is 3.93. The van der Waals surface area contributed by atoms with E-state index in [0.717, 1.165) is 12.1 Å². The van der Waals surface area contributed by atoms with Crippen molar-refractivity contribution in [3.05, 3.63) is 30.1 Å². The predicted octanol–water partition coefficient (Wildman–Crippen LogP) is 2.26. The Kier molecular flexibility index (Phi) is 4.67. The van der Waals surface area contributed by atoms with Crippen molar-refractivity contribution in [1.29, 1.82) is 0 Å². The van der Waals surface area contributed by atoms with Gasteiger partial charge in [-0.25, -0.2) is 0 Å². The van der Waals surface area contributed by atoms with Gasteiger partial charge in [0, 0.05) is 11.9 Å². The highest BCUT2D eigenvalue weighted by Crippen LogP contribution is 1.91. The van der Waals surface area contributed by atoms with Crippen molar-refractivity contribution >= 4 is 24.0 Å². The van der Waals surface area contributed by atoms with Crippen LogP contribution < -0.4 is 0 Å². The van der Waals surface area contributed by atoms with Crippen LogP contribution in [0, 0.1) is 0 Å². The zero-order chi connectivity index (χ0) is 5.82. The Morgan fingerprint density at radius 2 is 2.22 bits per heavy atom. The van der Waals surface area contributed by atoms with Gasteiger partial charge >= 0.3 is 0 Å². The molecule has 0 bridgehead atoms. The van der Waals surface area contributed by atoms with Crippen molar-refractivity contribution in [2.45, 2.75) is 13.3 Å². The third-order valence-corrected chi connectivity index (χ3v) is 1.09. The van der Waals surface area contributed by atoms with Crippen molar-refractivity contribution in [1.82, 2.24) is 4.98 Å². The zero-order valence-corrected chi connectivity index (χ0v) is 7.70. The number of aryl methyl sites for hydroxylation is 1. The average molecular weight is 235 g/mol. The van der Waals surface area contributed by atoms with E-state index in [1.807, 2.05) is 24.4 Å². The molecule has 1 nitrogen and oxygen atoms in total. The Morgan fingerprint density at radius 3 is 2.56 bits per heavy atom. The van der Waals surface area contributed by atoms with Gasteiger partial charge in [-0.05, 0) is 18.6 Å². The second-order valence-electron chi connectivity index (χ2n) is 1.67. The Labute approximate surface area is 72.5 Å². The quantitative estimate of drug-likeness (QED) is 0.680. The first-order valence-corrected chi connectivity index (χ1v) is 2.83. The molecule has 0 aromatic carbocycles. The second-order valence-corrected chi connectivity index (χ2v) is 1.67. The number of pyridine rings is 1. The summed E-state index contributed by atoms with van der Waals surface area (Å²) in [6.45, 7) is 2.10. The van der Waals surface area contributed by atoms with Gasteiger partial charge in [0.2, 0.25) is 0 Å². The monoisotopic (exact) mass is 235 g/mol. The molecule has 0 saturated heterocycles. The van der Waals surface area contributed by atoms with Crippen molar-refractivity contribution < 1.29 is 0 Å². The number of nitrogens with zero attached hydrogens (tertiary/aromatic N) is 1. The van der Waals surface area contributed by atoms with Gasteiger partial charge in [-0.15, -0.1) is 24.0 Å². The van der Waals surface area contributed by atoms with E-state index in [2.05, 4.69) is 11.9 Å². The van der Waals surface area contributed by atoms with E-state index in [-0.39, 0.29) is 24.0 Å². The summed E-state index contributed by atoms with van der Waals surface area (Å²) < 4.78 is 0. The molecule has 0 aliphatic carbocycles. The van der Waals surface area contributed by atoms with Crippen molar-refractivity contribution in [2.75, 3.05) is 0 Å². The van der Waals surface area contributed by atoms with Crippen molar-refractivity contribution in [2.24, 2.45) is 0 Å². The average Bonchev–Trinajstić information content (AvgIpc) is 1.90. The third-order valence-electron chi connectivity index (χ3n) is 1.09. The number of aromatic nitrogens is 1. The van der Waals surface area contributed by atoms with Crippen LogP contribution >= 0.6 is 24.0 Å². The molecule has 1 rings (SSSR count). The molecule has 0 atom stereocenters. The number of hydrogen-bond acceptors (Lipinski definition) is 1. The van der Waals surface area contributed by atoms with Gasteiger partial charge in [-0.2, -0.15) is 0 Å². The Hall–Kier alpha value is -0.120. The maximum Gasteiger partial charge on any atom is 0.0400 e. The summed E-state index contributed by atoms with van der Waals surface area (Å²) in [5.74, 6) is 0. The van der Waals surface area contributed by atoms with Crippen LogP contribution in [-0.4, -0.2) is 4.98 Å². The molecule has 0 N–H and O–H groups in total. The number of rotatable bonds is 1. The van der Waals surface area contributed by atoms with Gasteiger partial charge in [0.25, 0.3) is 0 Å². The van der Waals surface area contributed by atoms with E-state index in [1.54, 1.807) is 0 Å². The molecule has 0 saturated carbocycles. The standard InChI is InChI=1S/C7H9N.HI/c1-2-7-5-3-4-6-8-7;/h3-6H,2H2,1H3;1H. The van der Waals surface area contributed by atoms with E-state index in [0.29, 0.717) is 0 Å². The highest BCUT2D eigenvalue weighted by atomic mass is 127. The molecule has 0 aliphatic rings. The summed E-state index contributed by atoms with van der Waals surface area (Å²) >= 11 is 0. The van der Waals surface area contributed by atoms with Gasteiger partial charge in [0.1, 0.15) is 0 Å². The van der Waals surface area contributed by atoms with Gasteiger partial charge in [-0.3, -0.25) is 4.98 Å². The molecule has 0 spiro atoms.